The molecule has 0 atom stereocenters. The second kappa shape index (κ2) is 6.34. The van der Waals surface area contributed by atoms with Gasteiger partial charge in [0.25, 0.3) is 5.56 Å². The number of anilines is 1. The zero-order valence-corrected chi connectivity index (χ0v) is 14.8. The van der Waals surface area contributed by atoms with Gasteiger partial charge in [0.05, 0.1) is 17.4 Å². The van der Waals surface area contributed by atoms with Crippen LogP contribution in [0.1, 0.15) is 5.82 Å². The standard InChI is InChI=1S/C19H16N4O2S/c1-26-12-7-8-13-14(9-12)21-18(22-19(13)25)16-15(24)10-23(17(16)20)11-5-3-2-4-6-11/h2-9H,10,20H2,1H3,(H,21,22,25). The lowest BCUT2D eigenvalue weighted by Gasteiger charge is -2.18. The fraction of sp³-hybridized carbons (Fsp3) is 0.105. The largest absolute Gasteiger partial charge is 0.384 e. The topological polar surface area (TPSA) is 92.1 Å². The van der Waals surface area contributed by atoms with Crippen molar-refractivity contribution < 1.29 is 4.79 Å². The SMILES string of the molecule is CSc1ccc2c(=O)[nH]c(C3=C(N)N(c4ccccc4)CC3=O)nc2c1. The fourth-order valence-corrected chi connectivity index (χ4v) is 3.48. The summed E-state index contributed by atoms with van der Waals surface area (Å²) in [6, 6.07) is 14.9. The Morgan fingerprint density at radius 1 is 1.15 bits per heavy atom. The molecule has 0 unspecified atom stereocenters. The number of aromatic amines is 1. The number of benzene rings is 2. The van der Waals surface area contributed by atoms with Crippen LogP contribution in [0.15, 0.2) is 64.0 Å². The first-order valence-corrected chi connectivity index (χ1v) is 9.25. The van der Waals surface area contributed by atoms with Crippen molar-refractivity contribution in [3.8, 4) is 0 Å². The maximum absolute atomic E-state index is 12.6. The van der Waals surface area contributed by atoms with Gasteiger partial charge in [0.2, 0.25) is 0 Å². The minimum absolute atomic E-state index is 0.123. The van der Waals surface area contributed by atoms with Crippen LogP contribution >= 0.6 is 11.8 Å². The number of aromatic nitrogens is 2. The van der Waals surface area contributed by atoms with Crippen LogP contribution in [-0.2, 0) is 4.79 Å². The number of fused-ring (bicyclic) bond motifs is 1. The van der Waals surface area contributed by atoms with Gasteiger partial charge in [-0.2, -0.15) is 0 Å². The number of nitrogens with two attached hydrogens (primary N) is 1. The molecule has 0 saturated heterocycles. The van der Waals surface area contributed by atoms with Gasteiger partial charge in [-0.25, -0.2) is 4.98 Å². The quantitative estimate of drug-likeness (QED) is 0.693. The van der Waals surface area contributed by atoms with Crippen molar-refractivity contribution in [2.45, 2.75) is 4.90 Å². The third-order valence-electron chi connectivity index (χ3n) is 4.35. The number of thioether (sulfide) groups is 1. The molecule has 0 bridgehead atoms. The molecule has 7 heteroatoms. The number of para-hydroxylation sites is 1. The summed E-state index contributed by atoms with van der Waals surface area (Å²) in [4.78, 5) is 34.9. The van der Waals surface area contributed by atoms with Crippen LogP contribution in [0.25, 0.3) is 16.5 Å². The average molecular weight is 364 g/mol. The molecule has 0 radical (unpaired) electrons. The third kappa shape index (κ3) is 2.66. The summed E-state index contributed by atoms with van der Waals surface area (Å²) < 4.78 is 0. The van der Waals surface area contributed by atoms with E-state index in [-0.39, 0.29) is 29.3 Å². The first kappa shape index (κ1) is 16.4. The molecule has 2 heterocycles. The van der Waals surface area contributed by atoms with Crippen molar-refractivity contribution in [1.29, 1.82) is 0 Å². The van der Waals surface area contributed by atoms with Crippen LogP contribution in [-0.4, -0.2) is 28.6 Å². The summed E-state index contributed by atoms with van der Waals surface area (Å²) >= 11 is 1.56. The monoisotopic (exact) mass is 364 g/mol. The Balaban J connectivity index is 1.87. The Morgan fingerprint density at radius 2 is 1.92 bits per heavy atom. The first-order valence-electron chi connectivity index (χ1n) is 8.02. The predicted molar refractivity (Wildman–Crippen MR) is 104 cm³/mol. The summed E-state index contributed by atoms with van der Waals surface area (Å²) in [6.45, 7) is 0.123. The van der Waals surface area contributed by atoms with E-state index in [0.29, 0.717) is 16.7 Å². The molecule has 130 valence electrons. The van der Waals surface area contributed by atoms with Gasteiger partial charge in [-0.15, -0.1) is 11.8 Å². The van der Waals surface area contributed by atoms with Crippen LogP contribution in [0, 0.1) is 0 Å². The van der Waals surface area contributed by atoms with Gasteiger partial charge >= 0.3 is 0 Å². The highest BCUT2D eigenvalue weighted by atomic mass is 32.2. The van der Waals surface area contributed by atoms with Gasteiger partial charge in [-0.1, -0.05) is 18.2 Å². The van der Waals surface area contributed by atoms with Crippen molar-refractivity contribution >= 4 is 39.7 Å². The number of ketones is 1. The number of Topliss-reactive ketones (excluding diaryl/α,β-unsaturated/α-hetero) is 1. The second-order valence-electron chi connectivity index (χ2n) is 5.90. The molecule has 1 aliphatic rings. The summed E-state index contributed by atoms with van der Waals surface area (Å²) in [5.41, 5.74) is 7.57. The van der Waals surface area contributed by atoms with Gasteiger partial charge in [0.15, 0.2) is 5.78 Å². The lowest BCUT2D eigenvalue weighted by Crippen LogP contribution is -2.25. The molecular formula is C19H16N4O2S. The minimum Gasteiger partial charge on any atom is -0.384 e. The van der Waals surface area contributed by atoms with Crippen molar-refractivity contribution in [1.82, 2.24) is 9.97 Å². The summed E-state index contributed by atoms with van der Waals surface area (Å²) in [5.74, 6) is 0.335. The Kier molecular flexibility index (Phi) is 4.00. The van der Waals surface area contributed by atoms with Crippen molar-refractivity contribution in [2.75, 3.05) is 17.7 Å². The molecule has 3 N–H and O–H groups in total. The molecule has 1 aromatic heterocycles. The molecule has 0 amide bonds. The molecule has 0 spiro atoms. The molecule has 2 aromatic carbocycles. The highest BCUT2D eigenvalue weighted by Gasteiger charge is 2.31. The van der Waals surface area contributed by atoms with Crippen LogP contribution < -0.4 is 16.2 Å². The van der Waals surface area contributed by atoms with Crippen LogP contribution in [0.2, 0.25) is 0 Å². The maximum atomic E-state index is 12.6. The minimum atomic E-state index is -0.288. The van der Waals surface area contributed by atoms with Crippen LogP contribution in [0.5, 0.6) is 0 Å². The Hall–Kier alpha value is -3.06. The molecule has 26 heavy (non-hydrogen) atoms. The lowest BCUT2D eigenvalue weighted by molar-refractivity contribution is -0.112. The van der Waals surface area contributed by atoms with Crippen LogP contribution in [0.4, 0.5) is 5.69 Å². The third-order valence-corrected chi connectivity index (χ3v) is 5.07. The zero-order chi connectivity index (χ0) is 18.3. The van der Waals surface area contributed by atoms with Crippen LogP contribution in [0.3, 0.4) is 0 Å². The van der Waals surface area contributed by atoms with E-state index in [2.05, 4.69) is 9.97 Å². The number of hydrogen-bond donors (Lipinski definition) is 2. The summed E-state index contributed by atoms with van der Waals surface area (Å²) in [5, 5.41) is 0.482. The molecule has 3 aromatic rings. The number of carbonyl (C=O) groups is 1. The van der Waals surface area contributed by atoms with E-state index < -0.39 is 0 Å². The van der Waals surface area contributed by atoms with Gasteiger partial charge in [-0.3, -0.25) is 9.59 Å². The number of nitrogens with one attached hydrogen (secondary N) is 1. The van der Waals surface area contributed by atoms with Crippen molar-refractivity contribution in [2.24, 2.45) is 5.73 Å². The number of nitrogens with zero attached hydrogens (tertiary/aromatic N) is 2. The normalized spacial score (nSPS) is 14.5. The molecule has 4 rings (SSSR count). The van der Waals surface area contributed by atoms with E-state index in [0.717, 1.165) is 10.6 Å². The molecule has 1 aliphatic heterocycles. The number of H-pyrrole nitrogens is 1. The van der Waals surface area contributed by atoms with E-state index in [1.165, 1.54) is 0 Å². The molecule has 0 fully saturated rings. The van der Waals surface area contributed by atoms with Gasteiger partial charge in [0, 0.05) is 10.6 Å². The number of carbonyl (C=O) groups excluding carboxylic acids is 1. The summed E-state index contributed by atoms with van der Waals surface area (Å²) in [7, 11) is 0. The number of rotatable bonds is 3. The molecule has 0 saturated carbocycles. The Bertz CT molecular complexity index is 1110. The van der Waals surface area contributed by atoms with Gasteiger partial charge in [-0.05, 0) is 36.6 Å². The predicted octanol–water partition coefficient (Wildman–Crippen LogP) is 2.36. The second-order valence-corrected chi connectivity index (χ2v) is 6.78. The molecule has 0 aliphatic carbocycles. The van der Waals surface area contributed by atoms with E-state index in [4.69, 9.17) is 5.73 Å². The Morgan fingerprint density at radius 3 is 2.65 bits per heavy atom. The highest BCUT2D eigenvalue weighted by Crippen LogP contribution is 2.29. The smallest absolute Gasteiger partial charge is 0.259 e. The lowest BCUT2D eigenvalue weighted by atomic mass is 10.1. The van der Waals surface area contributed by atoms with Crippen molar-refractivity contribution in [3.05, 3.63) is 70.5 Å². The van der Waals surface area contributed by atoms with E-state index in [1.54, 1.807) is 22.7 Å². The number of hydrogen-bond acceptors (Lipinski definition) is 6. The highest BCUT2D eigenvalue weighted by molar-refractivity contribution is 7.98. The fourth-order valence-electron chi connectivity index (χ4n) is 3.04. The Labute approximate surface area is 153 Å². The summed E-state index contributed by atoms with van der Waals surface area (Å²) in [6.07, 6.45) is 1.95. The molecular weight excluding hydrogens is 348 g/mol. The van der Waals surface area contributed by atoms with E-state index >= 15 is 0 Å². The maximum Gasteiger partial charge on any atom is 0.259 e. The first-order chi connectivity index (χ1) is 12.6. The van der Waals surface area contributed by atoms with E-state index in [9.17, 15) is 9.59 Å². The average Bonchev–Trinajstić information content (AvgIpc) is 2.96. The van der Waals surface area contributed by atoms with E-state index in [1.807, 2.05) is 48.7 Å². The van der Waals surface area contributed by atoms with Gasteiger partial charge < -0.3 is 15.6 Å². The van der Waals surface area contributed by atoms with Crippen molar-refractivity contribution in [3.63, 3.8) is 0 Å². The zero-order valence-electron chi connectivity index (χ0n) is 14.0. The molecule has 6 nitrogen and oxygen atoms in total. The van der Waals surface area contributed by atoms with Gasteiger partial charge in [0.1, 0.15) is 17.2 Å².